The van der Waals surface area contributed by atoms with Crippen molar-refractivity contribution in [3.8, 4) is 50.8 Å². The van der Waals surface area contributed by atoms with E-state index in [0.29, 0.717) is 11.6 Å². The van der Waals surface area contributed by atoms with Gasteiger partial charge in [-0.05, 0) is 73.0 Å². The van der Waals surface area contributed by atoms with E-state index < -0.39 is 0 Å². The third-order valence-corrected chi connectivity index (χ3v) is 10.1. The second kappa shape index (κ2) is 12.5. The number of aromatic nitrogens is 4. The molecular weight excluding hydrogens is 635 g/mol. The molecule has 0 saturated carbocycles. The zero-order valence-electron chi connectivity index (χ0n) is 28.4. The fraction of sp³-hybridized carbons (Fsp3) is 0.0426. The van der Waals surface area contributed by atoms with Crippen LogP contribution in [-0.4, -0.2) is 19.5 Å². The zero-order chi connectivity index (χ0) is 34.4. The van der Waals surface area contributed by atoms with Gasteiger partial charge in [-0.3, -0.25) is 0 Å². The van der Waals surface area contributed by atoms with Crippen molar-refractivity contribution in [3.05, 3.63) is 182 Å². The Bertz CT molecular complexity index is 2670. The highest BCUT2D eigenvalue weighted by Crippen LogP contribution is 2.54. The van der Waals surface area contributed by atoms with E-state index in [1.807, 2.05) is 18.2 Å². The summed E-state index contributed by atoms with van der Waals surface area (Å²) >= 11 is 0. The molecule has 246 valence electrons. The lowest BCUT2D eigenvalue weighted by Crippen LogP contribution is -2.11. The molecule has 0 bridgehead atoms. The van der Waals surface area contributed by atoms with Crippen LogP contribution in [0.4, 0.5) is 17.1 Å². The minimum Gasteiger partial charge on any atom is -0.309 e. The van der Waals surface area contributed by atoms with Gasteiger partial charge in [-0.25, -0.2) is 15.0 Å². The maximum absolute atomic E-state index is 5.03. The molecule has 0 radical (unpaired) electrons. The van der Waals surface area contributed by atoms with E-state index >= 15 is 0 Å². The number of fused-ring (bicyclic) bond motifs is 7. The molecule has 52 heavy (non-hydrogen) atoms. The number of benzene rings is 6. The van der Waals surface area contributed by atoms with Crippen molar-refractivity contribution in [1.29, 1.82) is 0 Å². The molecule has 6 aromatic carbocycles. The molecule has 0 atom stereocenters. The third kappa shape index (κ3) is 4.97. The Labute approximate surface area is 302 Å². The van der Waals surface area contributed by atoms with Gasteiger partial charge in [-0.2, -0.15) is 0 Å². The summed E-state index contributed by atoms with van der Waals surface area (Å²) in [7, 11) is 0. The lowest BCUT2D eigenvalue weighted by molar-refractivity contribution is 0.978. The highest BCUT2D eigenvalue weighted by Gasteiger charge is 2.31. The monoisotopic (exact) mass is 667 g/mol. The van der Waals surface area contributed by atoms with Gasteiger partial charge >= 0.3 is 0 Å². The van der Waals surface area contributed by atoms with Crippen molar-refractivity contribution in [1.82, 2.24) is 19.5 Å². The van der Waals surface area contributed by atoms with Gasteiger partial charge in [0, 0.05) is 44.6 Å². The van der Waals surface area contributed by atoms with Gasteiger partial charge in [-0.1, -0.05) is 121 Å². The van der Waals surface area contributed by atoms with Crippen LogP contribution in [-0.2, 0) is 0 Å². The Kier molecular flexibility index (Phi) is 7.21. The van der Waals surface area contributed by atoms with Crippen LogP contribution in [0.1, 0.15) is 18.7 Å². The number of para-hydroxylation sites is 4. The van der Waals surface area contributed by atoms with Gasteiger partial charge in [0.05, 0.1) is 22.6 Å². The molecule has 5 nitrogen and oxygen atoms in total. The lowest BCUT2D eigenvalue weighted by Gasteiger charge is -2.27. The van der Waals surface area contributed by atoms with Crippen LogP contribution in [0.5, 0.6) is 0 Å². The molecular formula is C47H33N5. The Hall–Kier alpha value is -6.85. The van der Waals surface area contributed by atoms with Crippen molar-refractivity contribution < 1.29 is 0 Å². The summed E-state index contributed by atoms with van der Waals surface area (Å²) in [6.45, 7) is 0. The second-order valence-electron chi connectivity index (χ2n) is 13.2. The maximum Gasteiger partial charge on any atom is 0.164 e. The minimum atomic E-state index is 0.665. The summed E-state index contributed by atoms with van der Waals surface area (Å²) < 4.78 is 2.42. The van der Waals surface area contributed by atoms with E-state index in [9.17, 15) is 0 Å². The van der Waals surface area contributed by atoms with Gasteiger partial charge in [0.25, 0.3) is 0 Å². The molecule has 0 N–H and O–H groups in total. The van der Waals surface area contributed by atoms with E-state index in [1.165, 1.54) is 33.3 Å². The standard InChI is InChI=1S/C47H33N5/c1-4-16-32(17-5-1)45-48-46(33-18-6-2-7-19-33)50-47(49-45)34-28-30-36(31-29-34)51-40-25-13-10-22-37(40)43-38-23-11-14-26-41(38)52(35-20-8-3-9-21-35)44(43)39-24-12-15-27-42(39)51/h1-6,8-18,20-31H,7,19H2. The van der Waals surface area contributed by atoms with Crippen molar-refractivity contribution in [2.24, 2.45) is 0 Å². The maximum atomic E-state index is 5.03. The Morgan fingerprint density at radius 3 is 1.81 bits per heavy atom. The number of rotatable bonds is 5. The fourth-order valence-electron chi connectivity index (χ4n) is 7.68. The summed E-state index contributed by atoms with van der Waals surface area (Å²) in [5.74, 6) is 2.08. The topological polar surface area (TPSA) is 46.8 Å². The van der Waals surface area contributed by atoms with Crippen LogP contribution >= 0.6 is 0 Å². The third-order valence-electron chi connectivity index (χ3n) is 10.1. The molecule has 1 aliphatic heterocycles. The summed E-state index contributed by atoms with van der Waals surface area (Å²) in [5.41, 5.74) is 13.5. The van der Waals surface area contributed by atoms with Gasteiger partial charge in [0.15, 0.2) is 17.5 Å². The number of hydrogen-bond acceptors (Lipinski definition) is 4. The highest BCUT2D eigenvalue weighted by molar-refractivity contribution is 6.13. The molecule has 2 aromatic heterocycles. The molecule has 0 spiro atoms. The summed E-state index contributed by atoms with van der Waals surface area (Å²) in [4.78, 5) is 17.4. The number of nitrogens with zero attached hydrogens (tertiary/aromatic N) is 5. The molecule has 0 saturated heterocycles. The molecule has 10 rings (SSSR count). The summed E-state index contributed by atoms with van der Waals surface area (Å²) in [5, 5.41) is 1.23. The van der Waals surface area contributed by atoms with E-state index in [1.54, 1.807) is 0 Å². The van der Waals surface area contributed by atoms with Crippen molar-refractivity contribution in [3.63, 3.8) is 0 Å². The molecule has 0 amide bonds. The highest BCUT2D eigenvalue weighted by atomic mass is 15.2. The normalized spacial score (nSPS) is 13.2. The van der Waals surface area contributed by atoms with Crippen LogP contribution in [0.3, 0.4) is 0 Å². The first-order chi connectivity index (χ1) is 25.8. The molecule has 2 aliphatic rings. The number of hydrogen-bond donors (Lipinski definition) is 0. The van der Waals surface area contributed by atoms with E-state index in [-0.39, 0.29) is 0 Å². The van der Waals surface area contributed by atoms with Gasteiger partial charge in [0.2, 0.25) is 0 Å². The smallest absolute Gasteiger partial charge is 0.164 e. The van der Waals surface area contributed by atoms with E-state index in [2.05, 4.69) is 167 Å². The molecule has 0 fully saturated rings. The van der Waals surface area contributed by atoms with Crippen LogP contribution in [0.15, 0.2) is 176 Å². The number of allylic oxidation sites excluding steroid dienone is 4. The number of anilines is 3. The lowest BCUT2D eigenvalue weighted by atomic mass is 9.98. The minimum absolute atomic E-state index is 0.665. The van der Waals surface area contributed by atoms with Crippen LogP contribution in [0, 0.1) is 0 Å². The zero-order valence-corrected chi connectivity index (χ0v) is 28.4. The van der Waals surface area contributed by atoms with Crippen molar-refractivity contribution >= 4 is 33.5 Å². The van der Waals surface area contributed by atoms with Crippen LogP contribution < -0.4 is 4.90 Å². The first-order valence-electron chi connectivity index (χ1n) is 17.8. The first kappa shape index (κ1) is 30.0. The first-order valence-corrected chi connectivity index (χ1v) is 17.8. The van der Waals surface area contributed by atoms with Crippen molar-refractivity contribution in [2.45, 2.75) is 12.8 Å². The average molecular weight is 668 g/mol. The summed E-state index contributed by atoms with van der Waals surface area (Å²) in [6.07, 6.45) is 8.29. The van der Waals surface area contributed by atoms with E-state index in [4.69, 9.17) is 15.0 Å². The Balaban J connectivity index is 1.15. The molecule has 5 heteroatoms. The van der Waals surface area contributed by atoms with Gasteiger partial charge in [-0.15, -0.1) is 0 Å². The molecule has 8 aromatic rings. The largest absolute Gasteiger partial charge is 0.309 e. The Morgan fingerprint density at radius 2 is 1.08 bits per heavy atom. The second-order valence-corrected chi connectivity index (χ2v) is 13.2. The SMILES string of the molecule is C1=CCCC(c2nc(-c3ccccc3)nc(-c3ccc(N4c5ccccc5-c5c(n(-c6ccccc6)c6ccccc56)-c5ccccc54)cc3)n2)=C1. The quantitative estimate of drug-likeness (QED) is 0.183. The Morgan fingerprint density at radius 1 is 0.481 bits per heavy atom. The molecule has 0 unspecified atom stereocenters. The van der Waals surface area contributed by atoms with Crippen LogP contribution in [0.2, 0.25) is 0 Å². The van der Waals surface area contributed by atoms with Gasteiger partial charge in [0.1, 0.15) is 0 Å². The summed E-state index contributed by atoms with van der Waals surface area (Å²) in [6, 6.07) is 55.8. The molecule has 1 aliphatic carbocycles. The van der Waals surface area contributed by atoms with Crippen LogP contribution in [0.25, 0.3) is 67.3 Å². The van der Waals surface area contributed by atoms with Crippen molar-refractivity contribution in [2.75, 3.05) is 4.90 Å². The average Bonchev–Trinajstić information content (AvgIpc) is 3.51. The molecule has 3 heterocycles. The predicted octanol–water partition coefficient (Wildman–Crippen LogP) is 12.0. The predicted molar refractivity (Wildman–Crippen MR) is 213 cm³/mol. The van der Waals surface area contributed by atoms with E-state index in [0.717, 1.165) is 58.1 Å². The van der Waals surface area contributed by atoms with Gasteiger partial charge < -0.3 is 9.47 Å². The fourth-order valence-corrected chi connectivity index (χ4v) is 7.68.